The van der Waals surface area contributed by atoms with Crippen LogP contribution >= 0.6 is 0 Å². The van der Waals surface area contributed by atoms with Crippen molar-refractivity contribution in [2.75, 3.05) is 19.7 Å². The summed E-state index contributed by atoms with van der Waals surface area (Å²) in [5.74, 6) is 0.986. The summed E-state index contributed by atoms with van der Waals surface area (Å²) >= 11 is 0. The fourth-order valence-corrected chi connectivity index (χ4v) is 1.41. The Morgan fingerprint density at radius 1 is 1.19 bits per heavy atom. The van der Waals surface area contributed by atoms with E-state index in [-0.39, 0.29) is 0 Å². The summed E-state index contributed by atoms with van der Waals surface area (Å²) < 4.78 is 5.69. The summed E-state index contributed by atoms with van der Waals surface area (Å²) in [5.41, 5.74) is 1.53. The first-order valence-corrected chi connectivity index (χ1v) is 5.88. The van der Waals surface area contributed by atoms with Crippen molar-refractivity contribution in [2.45, 2.75) is 27.7 Å². The number of ether oxygens (including phenoxy) is 1. The van der Waals surface area contributed by atoms with Gasteiger partial charge in [0.1, 0.15) is 12.4 Å². The van der Waals surface area contributed by atoms with E-state index in [0.29, 0.717) is 5.41 Å². The lowest BCUT2D eigenvalue weighted by Gasteiger charge is -2.18. The summed E-state index contributed by atoms with van der Waals surface area (Å²) in [6.45, 7) is 11.4. The summed E-state index contributed by atoms with van der Waals surface area (Å²) in [4.78, 5) is 0. The predicted molar refractivity (Wildman–Crippen MR) is 69.0 cm³/mol. The monoisotopic (exact) mass is 221 g/mol. The Kier molecular flexibility index (Phi) is 4.81. The number of para-hydroxylation sites is 1. The average molecular weight is 221 g/mol. The molecular weight excluding hydrogens is 198 g/mol. The third kappa shape index (κ3) is 5.17. The van der Waals surface area contributed by atoms with Gasteiger partial charge in [-0.3, -0.25) is 0 Å². The topological polar surface area (TPSA) is 21.3 Å². The van der Waals surface area contributed by atoms with Gasteiger partial charge < -0.3 is 10.1 Å². The van der Waals surface area contributed by atoms with Crippen molar-refractivity contribution in [1.82, 2.24) is 5.32 Å². The minimum atomic E-state index is 0.336. The maximum atomic E-state index is 5.69. The van der Waals surface area contributed by atoms with Crippen molar-refractivity contribution < 1.29 is 4.74 Å². The lowest BCUT2D eigenvalue weighted by atomic mass is 9.97. The van der Waals surface area contributed by atoms with Gasteiger partial charge in [-0.15, -0.1) is 0 Å². The van der Waals surface area contributed by atoms with Gasteiger partial charge in [0.2, 0.25) is 0 Å². The normalized spacial score (nSPS) is 11.5. The second-order valence-corrected chi connectivity index (χ2v) is 5.35. The van der Waals surface area contributed by atoms with Gasteiger partial charge in [0.15, 0.2) is 0 Å². The van der Waals surface area contributed by atoms with Crippen LogP contribution in [0.1, 0.15) is 26.3 Å². The van der Waals surface area contributed by atoms with E-state index in [1.54, 1.807) is 0 Å². The van der Waals surface area contributed by atoms with Crippen LogP contribution in [0.15, 0.2) is 24.3 Å². The molecule has 0 amide bonds. The Labute approximate surface area is 99.0 Å². The summed E-state index contributed by atoms with van der Waals surface area (Å²) in [6, 6.07) is 8.11. The van der Waals surface area contributed by atoms with Crippen molar-refractivity contribution >= 4 is 0 Å². The summed E-state index contributed by atoms with van der Waals surface area (Å²) in [6.07, 6.45) is 0. The first-order chi connectivity index (χ1) is 7.49. The molecule has 1 N–H and O–H groups in total. The zero-order valence-electron chi connectivity index (χ0n) is 10.8. The molecule has 0 saturated carbocycles. The first kappa shape index (κ1) is 13.0. The van der Waals surface area contributed by atoms with Crippen molar-refractivity contribution in [3.05, 3.63) is 29.8 Å². The van der Waals surface area contributed by atoms with Crippen LogP contribution in [0.25, 0.3) is 0 Å². The van der Waals surface area contributed by atoms with Crippen LogP contribution in [0.3, 0.4) is 0 Å². The predicted octanol–water partition coefficient (Wildman–Crippen LogP) is 3.01. The molecule has 16 heavy (non-hydrogen) atoms. The van der Waals surface area contributed by atoms with Crippen molar-refractivity contribution in [2.24, 2.45) is 5.41 Å². The van der Waals surface area contributed by atoms with E-state index in [9.17, 15) is 0 Å². The molecule has 2 heteroatoms. The van der Waals surface area contributed by atoms with Crippen LogP contribution in [-0.2, 0) is 0 Å². The van der Waals surface area contributed by atoms with Gasteiger partial charge in [0, 0.05) is 13.1 Å². The van der Waals surface area contributed by atoms with Gasteiger partial charge in [-0.2, -0.15) is 0 Å². The van der Waals surface area contributed by atoms with E-state index in [1.165, 1.54) is 5.56 Å². The number of nitrogens with one attached hydrogen (secondary N) is 1. The van der Waals surface area contributed by atoms with E-state index in [1.807, 2.05) is 18.2 Å². The third-order valence-electron chi connectivity index (χ3n) is 2.29. The van der Waals surface area contributed by atoms with E-state index in [0.717, 1.165) is 25.4 Å². The van der Waals surface area contributed by atoms with E-state index in [2.05, 4.69) is 39.1 Å². The van der Waals surface area contributed by atoms with Gasteiger partial charge in [0.05, 0.1) is 0 Å². The first-order valence-electron chi connectivity index (χ1n) is 5.88. The molecule has 0 spiro atoms. The second kappa shape index (κ2) is 5.90. The Balaban J connectivity index is 2.19. The van der Waals surface area contributed by atoms with E-state index < -0.39 is 0 Å². The molecule has 0 aliphatic heterocycles. The highest BCUT2D eigenvalue weighted by molar-refractivity contribution is 5.31. The average Bonchev–Trinajstić information content (AvgIpc) is 2.18. The molecule has 0 fully saturated rings. The molecule has 2 nitrogen and oxygen atoms in total. The second-order valence-electron chi connectivity index (χ2n) is 5.35. The summed E-state index contributed by atoms with van der Waals surface area (Å²) in [7, 11) is 0. The summed E-state index contributed by atoms with van der Waals surface area (Å²) in [5, 5.41) is 3.39. The minimum Gasteiger partial charge on any atom is -0.492 e. The van der Waals surface area contributed by atoms with Gasteiger partial charge in [0.25, 0.3) is 0 Å². The van der Waals surface area contributed by atoms with Gasteiger partial charge in [-0.1, -0.05) is 39.0 Å². The third-order valence-corrected chi connectivity index (χ3v) is 2.29. The number of hydrogen-bond acceptors (Lipinski definition) is 2. The molecule has 0 radical (unpaired) electrons. The molecule has 0 atom stereocenters. The quantitative estimate of drug-likeness (QED) is 0.772. The largest absolute Gasteiger partial charge is 0.492 e. The molecule has 1 aromatic carbocycles. The zero-order valence-corrected chi connectivity index (χ0v) is 10.8. The van der Waals surface area contributed by atoms with Crippen LogP contribution in [0, 0.1) is 12.3 Å². The molecule has 0 heterocycles. The van der Waals surface area contributed by atoms with Crippen LogP contribution in [0.4, 0.5) is 0 Å². The Hall–Kier alpha value is -1.02. The molecule has 0 bridgehead atoms. The molecule has 1 aromatic rings. The van der Waals surface area contributed by atoms with Crippen LogP contribution < -0.4 is 10.1 Å². The number of benzene rings is 1. The molecule has 0 saturated heterocycles. The van der Waals surface area contributed by atoms with Gasteiger partial charge >= 0.3 is 0 Å². The van der Waals surface area contributed by atoms with Crippen LogP contribution in [0.5, 0.6) is 5.75 Å². The number of rotatable bonds is 5. The smallest absolute Gasteiger partial charge is 0.122 e. The molecule has 1 rings (SSSR count). The standard InChI is InChI=1S/C14H23NO/c1-12-7-5-6-8-13(12)16-10-9-15-11-14(2,3)4/h5-8,15H,9-11H2,1-4H3. The van der Waals surface area contributed by atoms with E-state index >= 15 is 0 Å². The molecule has 90 valence electrons. The Morgan fingerprint density at radius 2 is 1.88 bits per heavy atom. The Morgan fingerprint density at radius 3 is 2.50 bits per heavy atom. The van der Waals surface area contributed by atoms with Crippen LogP contribution in [-0.4, -0.2) is 19.7 Å². The maximum absolute atomic E-state index is 5.69. The van der Waals surface area contributed by atoms with Gasteiger partial charge in [-0.25, -0.2) is 0 Å². The van der Waals surface area contributed by atoms with Gasteiger partial charge in [-0.05, 0) is 24.0 Å². The molecule has 0 unspecified atom stereocenters. The molecular formula is C14H23NO. The molecule has 0 aromatic heterocycles. The highest BCUT2D eigenvalue weighted by atomic mass is 16.5. The van der Waals surface area contributed by atoms with Crippen LogP contribution in [0.2, 0.25) is 0 Å². The lowest BCUT2D eigenvalue weighted by Crippen LogP contribution is -2.30. The number of hydrogen-bond donors (Lipinski definition) is 1. The molecule has 0 aliphatic rings. The SMILES string of the molecule is Cc1ccccc1OCCNCC(C)(C)C. The highest BCUT2D eigenvalue weighted by Crippen LogP contribution is 2.15. The van der Waals surface area contributed by atoms with Crippen molar-refractivity contribution in [1.29, 1.82) is 0 Å². The maximum Gasteiger partial charge on any atom is 0.122 e. The van der Waals surface area contributed by atoms with E-state index in [4.69, 9.17) is 4.74 Å². The highest BCUT2D eigenvalue weighted by Gasteiger charge is 2.08. The lowest BCUT2D eigenvalue weighted by molar-refractivity contribution is 0.295. The fraction of sp³-hybridized carbons (Fsp3) is 0.571. The number of aryl methyl sites for hydroxylation is 1. The zero-order chi connectivity index (χ0) is 12.0. The Bertz CT molecular complexity index is 315. The minimum absolute atomic E-state index is 0.336. The van der Waals surface area contributed by atoms with Crippen molar-refractivity contribution in [3.8, 4) is 5.75 Å². The molecule has 0 aliphatic carbocycles. The fourth-order valence-electron chi connectivity index (χ4n) is 1.41. The van der Waals surface area contributed by atoms with Crippen molar-refractivity contribution in [3.63, 3.8) is 0 Å².